The lowest BCUT2D eigenvalue weighted by Gasteiger charge is -2.36. The highest BCUT2D eigenvalue weighted by Crippen LogP contribution is 2.32. The SMILES string of the molecule is C=CC[C@@](C)(NC(=O)[C@@H]1C[C@@H](Oc2nccc3cc(C(=O)N(C)C)ccc23)CN1C(=O)[C@@H](NC(=O)OC(C)(C)C)C(C)(C)C)C(=O)NS(=O)(=O)C1CC1. The molecule has 0 spiro atoms. The van der Waals surface area contributed by atoms with E-state index in [-0.39, 0.29) is 31.2 Å². The third kappa shape index (κ3) is 10.0. The van der Waals surface area contributed by atoms with Gasteiger partial charge in [0.25, 0.3) is 11.8 Å². The van der Waals surface area contributed by atoms with Crippen LogP contribution in [0.3, 0.4) is 0 Å². The molecule has 1 aliphatic carbocycles. The summed E-state index contributed by atoms with van der Waals surface area (Å²) in [6.07, 6.45) is 2.01. The Bertz CT molecular complexity index is 1880. The molecule has 4 rings (SSSR count). The standard InChI is InChI=1S/C37H52N6O9S/c1-11-17-37(8,33(47)41-53(49,50)25-13-14-25)40-29(44)27-20-24(21-43(27)32(46)28(35(2,3)4)39-34(48)52-36(5,6)7)51-30-26-15-12-23(31(45)42(9)10)19-22(26)16-18-38-30/h11-12,15-16,18-19,24-25,27-28H,1,13-14,17,20-21H2,2-10H3,(H,39,48)(H,40,44)(H,41,47)/t24-,27+,28-,37-/m1/s1. The van der Waals surface area contributed by atoms with Gasteiger partial charge in [-0.15, -0.1) is 6.58 Å². The van der Waals surface area contributed by atoms with Crippen LogP contribution in [0.2, 0.25) is 0 Å². The monoisotopic (exact) mass is 756 g/mol. The fraction of sp³-hybridized carbons (Fsp3) is 0.568. The number of alkyl carbamates (subject to hydrolysis) is 1. The van der Waals surface area contributed by atoms with E-state index < -0.39 is 73.8 Å². The molecule has 53 heavy (non-hydrogen) atoms. The van der Waals surface area contributed by atoms with Gasteiger partial charge in [0.05, 0.1) is 11.8 Å². The summed E-state index contributed by atoms with van der Waals surface area (Å²) in [4.78, 5) is 74.8. The molecule has 3 N–H and O–H groups in total. The molecule has 0 radical (unpaired) electrons. The van der Waals surface area contributed by atoms with Gasteiger partial charge in [0.15, 0.2) is 0 Å². The smallest absolute Gasteiger partial charge is 0.408 e. The van der Waals surface area contributed by atoms with Gasteiger partial charge in [-0.25, -0.2) is 18.2 Å². The van der Waals surface area contributed by atoms with Crippen LogP contribution in [0, 0.1) is 5.41 Å². The normalized spacial score (nSPS) is 19.4. The first-order chi connectivity index (χ1) is 24.5. The Labute approximate surface area is 311 Å². The average molecular weight is 757 g/mol. The van der Waals surface area contributed by atoms with Crippen molar-refractivity contribution in [2.75, 3.05) is 20.6 Å². The van der Waals surface area contributed by atoms with Crippen LogP contribution < -0.4 is 20.1 Å². The lowest BCUT2D eigenvalue weighted by atomic mass is 9.85. The number of sulfonamides is 1. The van der Waals surface area contributed by atoms with E-state index in [0.717, 1.165) is 0 Å². The predicted molar refractivity (Wildman–Crippen MR) is 198 cm³/mol. The number of carbonyl (C=O) groups is 5. The van der Waals surface area contributed by atoms with Gasteiger partial charge in [-0.3, -0.25) is 23.9 Å². The molecule has 1 saturated heterocycles. The number of fused-ring (bicyclic) bond motifs is 1. The molecule has 1 aliphatic heterocycles. The topological polar surface area (TPSA) is 193 Å². The summed E-state index contributed by atoms with van der Waals surface area (Å²) in [5.74, 6) is -2.24. The number of amides is 5. The zero-order valence-corrected chi connectivity index (χ0v) is 32.8. The molecule has 2 heterocycles. The van der Waals surface area contributed by atoms with E-state index in [4.69, 9.17) is 9.47 Å². The highest BCUT2D eigenvalue weighted by atomic mass is 32.2. The third-order valence-electron chi connectivity index (χ3n) is 8.93. The molecule has 2 aromatic rings. The van der Waals surface area contributed by atoms with Crippen molar-refractivity contribution >= 4 is 50.5 Å². The molecule has 4 atom stereocenters. The fourth-order valence-electron chi connectivity index (χ4n) is 5.96. The zero-order chi connectivity index (χ0) is 39.7. The van der Waals surface area contributed by atoms with Crippen molar-refractivity contribution in [2.45, 2.75) is 109 Å². The number of hydrogen-bond acceptors (Lipinski definition) is 10. The van der Waals surface area contributed by atoms with Gasteiger partial charge in [0, 0.05) is 37.7 Å². The van der Waals surface area contributed by atoms with E-state index in [0.29, 0.717) is 29.2 Å². The Balaban J connectivity index is 1.68. The highest BCUT2D eigenvalue weighted by molar-refractivity contribution is 7.91. The number of ether oxygens (including phenoxy) is 2. The van der Waals surface area contributed by atoms with Crippen molar-refractivity contribution in [3.63, 3.8) is 0 Å². The Morgan fingerprint density at radius 1 is 1.06 bits per heavy atom. The first-order valence-electron chi connectivity index (χ1n) is 17.5. The summed E-state index contributed by atoms with van der Waals surface area (Å²) in [6.45, 7) is 15.3. The predicted octanol–water partition coefficient (Wildman–Crippen LogP) is 3.28. The lowest BCUT2D eigenvalue weighted by Crippen LogP contribution is -2.62. The number of benzene rings is 1. The summed E-state index contributed by atoms with van der Waals surface area (Å²) in [5, 5.41) is 5.98. The van der Waals surface area contributed by atoms with Gasteiger partial charge in [0.2, 0.25) is 27.7 Å². The van der Waals surface area contributed by atoms with E-state index in [1.54, 1.807) is 79.9 Å². The van der Waals surface area contributed by atoms with Crippen LogP contribution in [0.15, 0.2) is 43.1 Å². The van der Waals surface area contributed by atoms with Crippen LogP contribution in [0.25, 0.3) is 10.8 Å². The van der Waals surface area contributed by atoms with E-state index in [9.17, 15) is 32.4 Å². The fourth-order valence-corrected chi connectivity index (χ4v) is 7.36. The number of carbonyl (C=O) groups excluding carboxylic acids is 5. The number of rotatable bonds is 12. The Kier molecular flexibility index (Phi) is 11.9. The van der Waals surface area contributed by atoms with Crippen molar-refractivity contribution in [1.82, 2.24) is 30.1 Å². The molecule has 0 unspecified atom stereocenters. The van der Waals surface area contributed by atoms with Gasteiger partial charge in [-0.05, 0) is 82.0 Å². The molecule has 290 valence electrons. The largest absolute Gasteiger partial charge is 0.472 e. The molecule has 0 bridgehead atoms. The number of nitrogens with one attached hydrogen (secondary N) is 3. The van der Waals surface area contributed by atoms with Gasteiger partial charge in [-0.1, -0.05) is 26.8 Å². The molecule has 5 amide bonds. The maximum Gasteiger partial charge on any atom is 0.408 e. The van der Waals surface area contributed by atoms with Gasteiger partial charge in [0.1, 0.15) is 29.3 Å². The highest BCUT2D eigenvalue weighted by Gasteiger charge is 2.49. The van der Waals surface area contributed by atoms with Crippen LogP contribution in [0.4, 0.5) is 4.79 Å². The maximum atomic E-state index is 14.5. The van der Waals surface area contributed by atoms with Crippen LogP contribution >= 0.6 is 0 Å². The third-order valence-corrected chi connectivity index (χ3v) is 10.8. The van der Waals surface area contributed by atoms with Gasteiger partial charge in [-0.2, -0.15) is 0 Å². The molecule has 16 heteroatoms. The second kappa shape index (κ2) is 15.3. The summed E-state index contributed by atoms with van der Waals surface area (Å²) < 4.78 is 39.2. The molecular formula is C37H52N6O9S. The Morgan fingerprint density at radius 3 is 2.28 bits per heavy atom. The number of pyridine rings is 1. The minimum atomic E-state index is -3.94. The molecule has 15 nitrogen and oxygen atoms in total. The van der Waals surface area contributed by atoms with Crippen LogP contribution in [-0.4, -0.2) is 108 Å². The van der Waals surface area contributed by atoms with Crippen LogP contribution in [-0.2, 0) is 29.1 Å². The number of hydrogen-bond donors (Lipinski definition) is 3. The minimum Gasteiger partial charge on any atom is -0.472 e. The van der Waals surface area contributed by atoms with Gasteiger partial charge >= 0.3 is 6.09 Å². The lowest BCUT2D eigenvalue weighted by molar-refractivity contribution is -0.143. The van der Waals surface area contributed by atoms with E-state index in [1.165, 1.54) is 29.0 Å². The van der Waals surface area contributed by atoms with E-state index in [1.807, 2.05) is 0 Å². The summed E-state index contributed by atoms with van der Waals surface area (Å²) in [5.41, 5.74) is -2.97. The van der Waals surface area contributed by atoms with Crippen molar-refractivity contribution in [2.24, 2.45) is 5.41 Å². The second-order valence-corrected chi connectivity index (χ2v) is 18.1. The molecule has 2 fully saturated rings. The number of likely N-dealkylation sites (tertiary alicyclic amines) is 1. The zero-order valence-electron chi connectivity index (χ0n) is 31.9. The van der Waals surface area contributed by atoms with Gasteiger partial charge < -0.3 is 29.9 Å². The maximum absolute atomic E-state index is 14.5. The summed E-state index contributed by atoms with van der Waals surface area (Å²) in [6, 6.07) is 4.46. The Hall–Kier alpha value is -4.73. The molecular weight excluding hydrogens is 705 g/mol. The number of aromatic nitrogens is 1. The first-order valence-corrected chi connectivity index (χ1v) is 19.1. The molecule has 1 saturated carbocycles. The van der Waals surface area contributed by atoms with Crippen LogP contribution in [0.5, 0.6) is 5.88 Å². The van der Waals surface area contributed by atoms with Crippen LogP contribution in [0.1, 0.15) is 84.5 Å². The summed E-state index contributed by atoms with van der Waals surface area (Å²) in [7, 11) is -0.630. The van der Waals surface area contributed by atoms with Crippen molar-refractivity contribution < 1.29 is 41.9 Å². The Morgan fingerprint density at radius 2 is 1.72 bits per heavy atom. The van der Waals surface area contributed by atoms with E-state index in [2.05, 4.69) is 26.9 Å². The quantitative estimate of drug-likeness (QED) is 0.271. The van der Waals surface area contributed by atoms with Crippen molar-refractivity contribution in [1.29, 1.82) is 0 Å². The average Bonchev–Trinajstić information content (AvgIpc) is 3.82. The molecule has 2 aliphatic rings. The minimum absolute atomic E-state index is 0.0394. The van der Waals surface area contributed by atoms with Crippen molar-refractivity contribution in [3.8, 4) is 5.88 Å². The molecule has 1 aromatic carbocycles. The summed E-state index contributed by atoms with van der Waals surface area (Å²) >= 11 is 0. The van der Waals surface area contributed by atoms with E-state index >= 15 is 0 Å². The second-order valence-electron chi connectivity index (χ2n) is 16.2. The molecule has 1 aromatic heterocycles. The number of nitrogens with zero attached hydrogens (tertiary/aromatic N) is 3. The van der Waals surface area contributed by atoms with Crippen molar-refractivity contribution in [3.05, 3.63) is 48.7 Å². The first kappa shape index (κ1) is 41.0.